The maximum atomic E-state index is 12.5. The largest absolute Gasteiger partial charge is 0.448 e. The molecule has 2 aromatic carbocycles. The molecular formula is C22H22Cl2N2O4. The van der Waals surface area contributed by atoms with E-state index >= 15 is 0 Å². The Balaban J connectivity index is 2.07. The third kappa shape index (κ3) is 6.90. The van der Waals surface area contributed by atoms with Crippen LogP contribution in [0.15, 0.2) is 54.2 Å². The summed E-state index contributed by atoms with van der Waals surface area (Å²) < 4.78 is 5.25. The molecule has 0 heterocycles. The molecule has 0 unspecified atom stereocenters. The highest BCUT2D eigenvalue weighted by Gasteiger charge is 2.23. The van der Waals surface area contributed by atoms with Crippen molar-refractivity contribution >= 4 is 47.1 Å². The molecular weight excluding hydrogens is 427 g/mol. The molecule has 0 radical (unpaired) electrons. The summed E-state index contributed by atoms with van der Waals surface area (Å²) in [5.41, 5.74) is 1.30. The summed E-state index contributed by atoms with van der Waals surface area (Å²) in [5, 5.41) is 6.08. The molecule has 0 fully saturated rings. The average molecular weight is 449 g/mol. The van der Waals surface area contributed by atoms with Crippen LogP contribution in [-0.2, 0) is 19.1 Å². The Labute approximate surface area is 185 Å². The lowest BCUT2D eigenvalue weighted by atomic mass is 10.1. The third-order valence-electron chi connectivity index (χ3n) is 4.08. The lowest BCUT2D eigenvalue weighted by Gasteiger charge is -2.20. The van der Waals surface area contributed by atoms with Gasteiger partial charge in [0.05, 0.1) is 6.04 Å². The van der Waals surface area contributed by atoms with Crippen molar-refractivity contribution in [3.8, 4) is 0 Å². The van der Waals surface area contributed by atoms with Crippen LogP contribution in [0.25, 0.3) is 6.08 Å². The van der Waals surface area contributed by atoms with Crippen LogP contribution < -0.4 is 10.6 Å². The van der Waals surface area contributed by atoms with E-state index in [1.807, 2.05) is 6.07 Å². The van der Waals surface area contributed by atoms with E-state index in [9.17, 15) is 14.4 Å². The minimum atomic E-state index is -1.10. The van der Waals surface area contributed by atoms with Crippen molar-refractivity contribution in [2.24, 2.45) is 0 Å². The highest BCUT2D eigenvalue weighted by molar-refractivity contribution is 6.35. The van der Waals surface area contributed by atoms with E-state index in [-0.39, 0.29) is 5.70 Å². The predicted molar refractivity (Wildman–Crippen MR) is 117 cm³/mol. The fraction of sp³-hybridized carbons (Fsp3) is 0.227. The number of nitrogens with one attached hydrogen (secondary N) is 2. The molecule has 0 spiro atoms. The number of hydrogen-bond donors (Lipinski definition) is 2. The maximum Gasteiger partial charge on any atom is 0.355 e. The van der Waals surface area contributed by atoms with Gasteiger partial charge in [-0.25, -0.2) is 4.79 Å². The lowest BCUT2D eigenvalue weighted by molar-refractivity contribution is -0.152. The summed E-state index contributed by atoms with van der Waals surface area (Å²) in [6, 6.07) is 13.5. The van der Waals surface area contributed by atoms with E-state index in [0.717, 1.165) is 0 Å². The standard InChI is InChI=1S/C22H22Cl2N2O4/c1-13(18-10-9-17(23)12-19(18)24)25-21(28)14(2)30-22(29)20(26-15(3)27)11-16-7-5-4-6-8-16/h4-14H,1-3H3,(H,25,28)(H,26,27)/b20-11-/t13-,14+/m0/s1. The number of benzene rings is 2. The molecule has 2 amide bonds. The monoisotopic (exact) mass is 448 g/mol. The van der Waals surface area contributed by atoms with Gasteiger partial charge in [-0.1, -0.05) is 59.6 Å². The second-order valence-electron chi connectivity index (χ2n) is 6.59. The van der Waals surface area contributed by atoms with Crippen molar-refractivity contribution in [2.45, 2.75) is 32.9 Å². The van der Waals surface area contributed by atoms with Gasteiger partial charge in [0, 0.05) is 17.0 Å². The number of rotatable bonds is 7. The number of amides is 2. The fourth-order valence-electron chi connectivity index (χ4n) is 2.59. The van der Waals surface area contributed by atoms with E-state index < -0.39 is 29.9 Å². The Morgan fingerprint density at radius 3 is 2.30 bits per heavy atom. The number of esters is 1. The molecule has 0 aliphatic heterocycles. The van der Waals surface area contributed by atoms with E-state index in [1.54, 1.807) is 49.4 Å². The van der Waals surface area contributed by atoms with E-state index in [2.05, 4.69) is 10.6 Å². The molecule has 2 atom stereocenters. The molecule has 0 saturated carbocycles. The zero-order chi connectivity index (χ0) is 22.3. The van der Waals surface area contributed by atoms with Gasteiger partial charge in [-0.2, -0.15) is 0 Å². The average Bonchev–Trinajstić information content (AvgIpc) is 2.67. The van der Waals surface area contributed by atoms with Crippen molar-refractivity contribution in [2.75, 3.05) is 0 Å². The Bertz CT molecular complexity index is 961. The second-order valence-corrected chi connectivity index (χ2v) is 7.44. The van der Waals surface area contributed by atoms with Gasteiger partial charge in [-0.15, -0.1) is 0 Å². The first kappa shape index (κ1) is 23.4. The summed E-state index contributed by atoms with van der Waals surface area (Å²) in [4.78, 5) is 36.5. The van der Waals surface area contributed by atoms with Crippen molar-refractivity contribution in [3.63, 3.8) is 0 Å². The Morgan fingerprint density at radius 2 is 1.70 bits per heavy atom. The molecule has 0 aromatic heterocycles. The van der Waals surface area contributed by atoms with Crippen LogP contribution >= 0.6 is 23.2 Å². The fourth-order valence-corrected chi connectivity index (χ4v) is 3.16. The first-order chi connectivity index (χ1) is 14.2. The zero-order valence-electron chi connectivity index (χ0n) is 16.7. The summed E-state index contributed by atoms with van der Waals surface area (Å²) in [5.74, 6) is -1.77. The maximum absolute atomic E-state index is 12.5. The number of ether oxygens (including phenoxy) is 1. The molecule has 0 saturated heterocycles. The second kappa shape index (κ2) is 10.8. The molecule has 2 N–H and O–H groups in total. The quantitative estimate of drug-likeness (QED) is 0.488. The highest BCUT2D eigenvalue weighted by atomic mass is 35.5. The van der Waals surface area contributed by atoms with E-state index in [1.165, 1.54) is 19.9 Å². The van der Waals surface area contributed by atoms with Crippen molar-refractivity contribution < 1.29 is 19.1 Å². The summed E-state index contributed by atoms with van der Waals surface area (Å²) in [7, 11) is 0. The first-order valence-electron chi connectivity index (χ1n) is 9.18. The Kier molecular flexibility index (Phi) is 8.45. The van der Waals surface area contributed by atoms with E-state index in [4.69, 9.17) is 27.9 Å². The zero-order valence-corrected chi connectivity index (χ0v) is 18.3. The van der Waals surface area contributed by atoms with Crippen molar-refractivity contribution in [1.82, 2.24) is 10.6 Å². The van der Waals surface area contributed by atoms with Crippen LogP contribution in [0, 0.1) is 0 Å². The van der Waals surface area contributed by atoms with Crippen LogP contribution in [-0.4, -0.2) is 23.9 Å². The van der Waals surface area contributed by atoms with Gasteiger partial charge in [0.25, 0.3) is 5.91 Å². The van der Waals surface area contributed by atoms with E-state index in [0.29, 0.717) is 21.2 Å². The number of halogens is 2. The molecule has 0 bridgehead atoms. The SMILES string of the molecule is CC(=O)N/C(=C\c1ccccc1)C(=O)O[C@H](C)C(=O)N[C@@H](C)c1ccc(Cl)cc1Cl. The van der Waals surface area contributed by atoms with Gasteiger partial charge in [0.15, 0.2) is 6.10 Å². The highest BCUT2D eigenvalue weighted by Crippen LogP contribution is 2.26. The van der Waals surface area contributed by atoms with Crippen LogP contribution in [0.3, 0.4) is 0 Å². The van der Waals surface area contributed by atoms with Crippen LogP contribution in [0.4, 0.5) is 0 Å². The normalized spacial score (nSPS) is 13.2. The molecule has 0 aliphatic rings. The molecule has 2 rings (SSSR count). The summed E-state index contributed by atoms with van der Waals surface area (Å²) in [6.07, 6.45) is 0.378. The molecule has 2 aromatic rings. The van der Waals surface area contributed by atoms with Gasteiger partial charge in [-0.05, 0) is 43.2 Å². The summed E-state index contributed by atoms with van der Waals surface area (Å²) >= 11 is 12.1. The topological polar surface area (TPSA) is 84.5 Å². The lowest BCUT2D eigenvalue weighted by Crippen LogP contribution is -2.38. The van der Waals surface area contributed by atoms with Crippen LogP contribution in [0.2, 0.25) is 10.0 Å². The van der Waals surface area contributed by atoms with Gasteiger partial charge < -0.3 is 15.4 Å². The molecule has 8 heteroatoms. The molecule has 158 valence electrons. The van der Waals surface area contributed by atoms with Gasteiger partial charge in [0.2, 0.25) is 5.91 Å². The van der Waals surface area contributed by atoms with Crippen molar-refractivity contribution in [1.29, 1.82) is 0 Å². The van der Waals surface area contributed by atoms with Crippen LogP contribution in [0.5, 0.6) is 0 Å². The summed E-state index contributed by atoms with van der Waals surface area (Å²) in [6.45, 7) is 4.47. The van der Waals surface area contributed by atoms with Crippen LogP contribution in [0.1, 0.15) is 37.9 Å². The van der Waals surface area contributed by atoms with Crippen molar-refractivity contribution in [3.05, 3.63) is 75.4 Å². The molecule has 0 aliphatic carbocycles. The van der Waals surface area contributed by atoms with Gasteiger partial charge in [0.1, 0.15) is 5.70 Å². The number of hydrogen-bond acceptors (Lipinski definition) is 4. The van der Waals surface area contributed by atoms with Gasteiger partial charge >= 0.3 is 5.97 Å². The Morgan fingerprint density at radius 1 is 1.03 bits per heavy atom. The third-order valence-corrected chi connectivity index (χ3v) is 4.64. The number of carbonyl (C=O) groups is 3. The Hall–Kier alpha value is -2.83. The minimum absolute atomic E-state index is 0.0675. The molecule has 6 nitrogen and oxygen atoms in total. The van der Waals surface area contributed by atoms with Gasteiger partial charge in [-0.3, -0.25) is 9.59 Å². The molecule has 30 heavy (non-hydrogen) atoms. The predicted octanol–water partition coefficient (Wildman–Crippen LogP) is 4.28. The minimum Gasteiger partial charge on any atom is -0.448 e. The first-order valence-corrected chi connectivity index (χ1v) is 9.93. The smallest absolute Gasteiger partial charge is 0.355 e. The number of carbonyl (C=O) groups excluding carboxylic acids is 3.